The van der Waals surface area contributed by atoms with E-state index in [-0.39, 0.29) is 13.2 Å². The van der Waals surface area contributed by atoms with Crippen LogP contribution in [0.1, 0.15) is 0 Å². The lowest BCUT2D eigenvalue weighted by Gasteiger charge is -2.37. The van der Waals surface area contributed by atoms with Crippen molar-refractivity contribution in [3.05, 3.63) is 0 Å². The first-order chi connectivity index (χ1) is 10.8. The molecular formula is C12H24O11. The molecule has 0 aromatic carbocycles. The van der Waals surface area contributed by atoms with Crippen LogP contribution in [-0.2, 0) is 9.47 Å². The number of hydrogen-bond acceptors (Lipinski definition) is 11. The van der Waals surface area contributed by atoms with Crippen molar-refractivity contribution in [3.8, 4) is 0 Å². The minimum atomic E-state index is -1.57. The van der Waals surface area contributed by atoms with Crippen LogP contribution in [-0.4, -0.2) is 121 Å². The Morgan fingerprint density at radius 3 is 1.17 bits per heavy atom. The van der Waals surface area contributed by atoms with Gasteiger partial charge in [-0.15, -0.1) is 0 Å². The summed E-state index contributed by atoms with van der Waals surface area (Å²) >= 11 is 0. The number of aliphatic hydroxyl groups is 9. The smallest absolute Gasteiger partial charge is 0.184 e. The van der Waals surface area contributed by atoms with Crippen LogP contribution in [0.3, 0.4) is 0 Å². The molecule has 11 heteroatoms. The Bertz CT molecular complexity index is 320. The van der Waals surface area contributed by atoms with E-state index in [9.17, 15) is 0 Å². The molecule has 0 amide bonds. The average Bonchev–Trinajstić information content (AvgIpc) is 2.84. The minimum absolute atomic E-state index is 0.352. The molecule has 9 N–H and O–H groups in total. The van der Waals surface area contributed by atoms with Crippen LogP contribution in [0, 0.1) is 0 Å². The van der Waals surface area contributed by atoms with Gasteiger partial charge in [-0.25, -0.2) is 0 Å². The molecule has 0 saturated carbocycles. The zero-order valence-electron chi connectivity index (χ0n) is 12.2. The van der Waals surface area contributed by atoms with Gasteiger partial charge in [0.05, 0.1) is 19.8 Å². The fourth-order valence-electron chi connectivity index (χ4n) is 2.21. The minimum Gasteiger partial charge on any atom is -0.394 e. The van der Waals surface area contributed by atoms with E-state index in [2.05, 4.69) is 4.74 Å². The average molecular weight is 344 g/mol. The second-order valence-electron chi connectivity index (χ2n) is 5.28. The molecule has 2 rings (SSSR count). The van der Waals surface area contributed by atoms with Crippen molar-refractivity contribution < 1.29 is 55.4 Å². The summed E-state index contributed by atoms with van der Waals surface area (Å²) in [5.74, 6) is 0. The van der Waals surface area contributed by atoms with Gasteiger partial charge in [-0.1, -0.05) is 0 Å². The topological polar surface area (TPSA) is 201 Å². The molecule has 23 heavy (non-hydrogen) atoms. The standard InChI is InChI=1S/C6H12O6.C6H12O5/c7-1-2-3(8)4(9)5(10)6(11)12-2;7-1-3-5(9)6(10)4(2-8)11-3/h2-11H,1H2;3-10H,1-2H2. The van der Waals surface area contributed by atoms with Gasteiger partial charge in [-0.05, 0) is 0 Å². The molecule has 9 atom stereocenters. The van der Waals surface area contributed by atoms with Gasteiger partial charge in [-0.2, -0.15) is 0 Å². The van der Waals surface area contributed by atoms with E-state index in [1.54, 1.807) is 0 Å². The van der Waals surface area contributed by atoms with Crippen LogP contribution >= 0.6 is 0 Å². The molecule has 0 bridgehead atoms. The maximum atomic E-state index is 9.12. The van der Waals surface area contributed by atoms with Crippen molar-refractivity contribution in [3.63, 3.8) is 0 Å². The van der Waals surface area contributed by atoms with Gasteiger partial charge in [0.2, 0.25) is 0 Å². The molecule has 2 aliphatic heterocycles. The van der Waals surface area contributed by atoms with Crippen LogP contribution in [0.15, 0.2) is 0 Å². The molecule has 0 spiro atoms. The summed E-state index contributed by atoms with van der Waals surface area (Å²) in [5, 5.41) is 80.1. The van der Waals surface area contributed by atoms with Gasteiger partial charge in [0, 0.05) is 0 Å². The molecule has 2 fully saturated rings. The maximum absolute atomic E-state index is 9.12. The lowest BCUT2D eigenvalue weighted by Crippen LogP contribution is -2.58. The van der Waals surface area contributed by atoms with E-state index in [1.165, 1.54) is 0 Å². The van der Waals surface area contributed by atoms with Crippen molar-refractivity contribution in [2.24, 2.45) is 0 Å². The summed E-state index contributed by atoms with van der Waals surface area (Å²) in [6.07, 6.45) is -10.8. The van der Waals surface area contributed by atoms with Crippen molar-refractivity contribution >= 4 is 0 Å². The number of hydrogen-bond donors (Lipinski definition) is 9. The van der Waals surface area contributed by atoms with Crippen LogP contribution in [0.4, 0.5) is 0 Å². The van der Waals surface area contributed by atoms with E-state index in [0.717, 1.165) is 0 Å². The highest BCUT2D eigenvalue weighted by atomic mass is 16.6. The molecule has 9 unspecified atom stereocenters. The SMILES string of the molecule is OCC1OC(CO)C(O)C1O.OCC1OC(O)C(O)C(O)C1O. The van der Waals surface area contributed by atoms with Gasteiger partial charge in [0.1, 0.15) is 48.8 Å². The normalized spacial score (nSPS) is 47.1. The van der Waals surface area contributed by atoms with Gasteiger partial charge in [0.25, 0.3) is 0 Å². The molecule has 0 radical (unpaired) electrons. The van der Waals surface area contributed by atoms with E-state index in [4.69, 9.17) is 50.7 Å². The molecule has 138 valence electrons. The van der Waals surface area contributed by atoms with Crippen molar-refractivity contribution in [2.45, 2.75) is 55.1 Å². The molecule has 0 aromatic rings. The predicted octanol–water partition coefficient (Wildman–Crippen LogP) is -5.76. The molecule has 2 aliphatic rings. The molecule has 0 aromatic heterocycles. The van der Waals surface area contributed by atoms with E-state index in [1.807, 2.05) is 0 Å². The van der Waals surface area contributed by atoms with Crippen molar-refractivity contribution in [1.29, 1.82) is 0 Å². The van der Waals surface area contributed by atoms with Crippen LogP contribution in [0.25, 0.3) is 0 Å². The van der Waals surface area contributed by atoms with Crippen LogP contribution in [0.2, 0.25) is 0 Å². The number of aliphatic hydroxyl groups excluding tert-OH is 9. The highest BCUT2D eigenvalue weighted by Crippen LogP contribution is 2.20. The lowest BCUT2D eigenvalue weighted by molar-refractivity contribution is -0.286. The third-order valence-corrected chi connectivity index (χ3v) is 3.69. The largest absolute Gasteiger partial charge is 0.394 e. The van der Waals surface area contributed by atoms with Gasteiger partial charge in [-0.3, -0.25) is 0 Å². The Morgan fingerprint density at radius 1 is 0.478 bits per heavy atom. The maximum Gasteiger partial charge on any atom is 0.184 e. The first kappa shape index (κ1) is 20.6. The van der Waals surface area contributed by atoms with Crippen molar-refractivity contribution in [2.75, 3.05) is 19.8 Å². The molecule has 2 saturated heterocycles. The quantitative estimate of drug-likeness (QED) is 0.236. The highest BCUT2D eigenvalue weighted by Gasteiger charge is 2.43. The van der Waals surface area contributed by atoms with E-state index in [0.29, 0.717) is 0 Å². The number of ether oxygens (including phenoxy) is 2. The molecular weight excluding hydrogens is 320 g/mol. The summed E-state index contributed by atoms with van der Waals surface area (Å²) in [6, 6.07) is 0. The van der Waals surface area contributed by atoms with Crippen LogP contribution in [0.5, 0.6) is 0 Å². The first-order valence-electron chi connectivity index (χ1n) is 7.00. The zero-order chi connectivity index (χ0) is 17.7. The lowest BCUT2D eigenvalue weighted by atomic mass is 10.00. The van der Waals surface area contributed by atoms with Gasteiger partial charge in [0.15, 0.2) is 6.29 Å². The van der Waals surface area contributed by atoms with Crippen molar-refractivity contribution in [1.82, 2.24) is 0 Å². The Kier molecular flexibility index (Phi) is 8.20. The number of rotatable bonds is 3. The third kappa shape index (κ3) is 4.78. The van der Waals surface area contributed by atoms with E-state index < -0.39 is 61.7 Å². The second kappa shape index (κ2) is 9.15. The van der Waals surface area contributed by atoms with Gasteiger partial charge >= 0.3 is 0 Å². The molecule has 11 nitrogen and oxygen atoms in total. The Balaban J connectivity index is 0.000000231. The Morgan fingerprint density at radius 2 is 0.826 bits per heavy atom. The third-order valence-electron chi connectivity index (χ3n) is 3.69. The molecule has 0 aliphatic carbocycles. The monoisotopic (exact) mass is 344 g/mol. The second-order valence-corrected chi connectivity index (χ2v) is 5.28. The van der Waals surface area contributed by atoms with E-state index >= 15 is 0 Å². The fourth-order valence-corrected chi connectivity index (χ4v) is 2.21. The Hall–Kier alpha value is -0.440. The summed E-state index contributed by atoms with van der Waals surface area (Å²) in [4.78, 5) is 0. The zero-order valence-corrected chi connectivity index (χ0v) is 12.2. The summed E-state index contributed by atoms with van der Waals surface area (Å²) < 4.78 is 9.46. The fraction of sp³-hybridized carbons (Fsp3) is 1.00. The summed E-state index contributed by atoms with van der Waals surface area (Å²) in [5.41, 5.74) is 0. The predicted molar refractivity (Wildman–Crippen MR) is 70.8 cm³/mol. The summed E-state index contributed by atoms with van der Waals surface area (Å²) in [6.45, 7) is -1.23. The van der Waals surface area contributed by atoms with Gasteiger partial charge < -0.3 is 55.4 Å². The highest BCUT2D eigenvalue weighted by molar-refractivity contribution is 4.89. The Labute approximate surface area is 131 Å². The summed E-state index contributed by atoms with van der Waals surface area (Å²) in [7, 11) is 0. The molecule has 2 heterocycles. The first-order valence-corrected chi connectivity index (χ1v) is 7.00. The van der Waals surface area contributed by atoms with Crippen LogP contribution < -0.4 is 0 Å².